The molecule has 306 valence electrons. The topological polar surface area (TPSA) is 74.6 Å². The summed E-state index contributed by atoms with van der Waals surface area (Å²) in [4.78, 5) is 20.8. The fourth-order valence-electron chi connectivity index (χ4n) is 7.24. The Morgan fingerprint density at radius 1 is 0.235 bits per heavy atom. The maximum Gasteiger partial charge on any atom is 0.303 e. The average molecular weight is 723 g/mol. The Morgan fingerprint density at radius 2 is 0.353 bits per heavy atom. The summed E-state index contributed by atoms with van der Waals surface area (Å²) in [6.07, 6.45) is 56.6. The highest BCUT2D eigenvalue weighted by Gasteiger charge is 1.99. The van der Waals surface area contributed by atoms with Crippen molar-refractivity contribution >= 4 is 11.9 Å². The van der Waals surface area contributed by atoms with E-state index in [1.165, 1.54) is 238 Å². The summed E-state index contributed by atoms with van der Waals surface area (Å²) < 4.78 is 0. The molecule has 2 N–H and O–H groups in total. The van der Waals surface area contributed by atoms with Gasteiger partial charge in [0.25, 0.3) is 0 Å². The van der Waals surface area contributed by atoms with Crippen LogP contribution in [0.4, 0.5) is 0 Å². The van der Waals surface area contributed by atoms with Crippen LogP contribution in [0.5, 0.6) is 0 Å². The third-order valence-corrected chi connectivity index (χ3v) is 10.7. The van der Waals surface area contributed by atoms with Crippen LogP contribution in [0.25, 0.3) is 0 Å². The molecule has 0 aromatic heterocycles. The molecule has 0 aliphatic rings. The van der Waals surface area contributed by atoms with Gasteiger partial charge in [-0.25, -0.2) is 0 Å². The van der Waals surface area contributed by atoms with Gasteiger partial charge in [0.2, 0.25) is 0 Å². The van der Waals surface area contributed by atoms with E-state index < -0.39 is 11.9 Å². The molecule has 0 amide bonds. The van der Waals surface area contributed by atoms with E-state index in [2.05, 4.69) is 13.8 Å². The molecule has 0 aliphatic carbocycles. The van der Waals surface area contributed by atoms with Crippen molar-refractivity contribution in [3.8, 4) is 0 Å². The maximum absolute atomic E-state index is 10.4. The highest BCUT2D eigenvalue weighted by Crippen LogP contribution is 2.17. The lowest BCUT2D eigenvalue weighted by atomic mass is 10.0. The molecule has 0 fully saturated rings. The third kappa shape index (κ3) is 55.9. The van der Waals surface area contributed by atoms with Gasteiger partial charge >= 0.3 is 11.9 Å². The van der Waals surface area contributed by atoms with E-state index in [0.717, 1.165) is 25.7 Å². The van der Waals surface area contributed by atoms with Crippen molar-refractivity contribution in [2.75, 3.05) is 0 Å². The predicted molar refractivity (Wildman–Crippen MR) is 225 cm³/mol. The Labute approximate surface area is 320 Å². The second kappa shape index (κ2) is 48.9. The lowest BCUT2D eigenvalue weighted by Crippen LogP contribution is -1.93. The van der Waals surface area contributed by atoms with Gasteiger partial charge in [-0.3, -0.25) is 9.59 Å². The van der Waals surface area contributed by atoms with Crippen molar-refractivity contribution < 1.29 is 19.8 Å². The predicted octanol–water partition coefficient (Wildman–Crippen LogP) is 17.0. The molecule has 0 spiro atoms. The molecule has 0 rings (SSSR count). The van der Waals surface area contributed by atoms with Crippen molar-refractivity contribution in [3.63, 3.8) is 0 Å². The second-order valence-electron chi connectivity index (χ2n) is 16.1. The minimum atomic E-state index is -0.651. The molecule has 0 heterocycles. The van der Waals surface area contributed by atoms with E-state index >= 15 is 0 Å². The van der Waals surface area contributed by atoms with Gasteiger partial charge in [0.1, 0.15) is 0 Å². The maximum atomic E-state index is 10.4. The zero-order valence-electron chi connectivity index (χ0n) is 35.1. The number of carboxylic acids is 2. The monoisotopic (exact) mass is 723 g/mol. The van der Waals surface area contributed by atoms with Gasteiger partial charge in [0.15, 0.2) is 0 Å². The van der Waals surface area contributed by atoms with Crippen LogP contribution in [0.15, 0.2) is 0 Å². The Bertz CT molecular complexity index is 648. The minimum absolute atomic E-state index is 0.346. The van der Waals surface area contributed by atoms with Gasteiger partial charge < -0.3 is 10.2 Å². The smallest absolute Gasteiger partial charge is 0.303 e. The van der Waals surface area contributed by atoms with Crippen LogP contribution in [0.3, 0.4) is 0 Å². The van der Waals surface area contributed by atoms with E-state index in [9.17, 15) is 9.59 Å². The van der Waals surface area contributed by atoms with E-state index in [0.29, 0.717) is 12.8 Å². The Morgan fingerprint density at radius 3 is 0.471 bits per heavy atom. The van der Waals surface area contributed by atoms with Gasteiger partial charge in [-0.2, -0.15) is 0 Å². The first-order chi connectivity index (χ1) is 25.0. The van der Waals surface area contributed by atoms with Crippen molar-refractivity contribution in [2.24, 2.45) is 0 Å². The molecule has 0 saturated carbocycles. The standard InChI is InChI=1S/C25H50O2.C22H44O2/c1-2-3-4-5-6-7-8-9-10-11-12-13-14-15-16-17-18-19-20-21-22-23-24-25(26)27;1-2-3-4-5-6-7-8-9-10-11-12-13-14-15-16-17-18-19-20-21-22(23)24/h2-24H2,1H3,(H,26,27);2-21H2,1H3,(H,23,24). The summed E-state index contributed by atoms with van der Waals surface area (Å²) in [7, 11) is 0. The SMILES string of the molecule is CCCCCCCCCCCCCCCCCCCCCC(=O)O.CCCCCCCCCCCCCCCCCCCCCCCCC(=O)O. The highest BCUT2D eigenvalue weighted by molar-refractivity contribution is 5.66. The van der Waals surface area contributed by atoms with Crippen molar-refractivity contribution in [1.29, 1.82) is 0 Å². The van der Waals surface area contributed by atoms with Gasteiger partial charge in [-0.1, -0.05) is 264 Å². The fraction of sp³-hybridized carbons (Fsp3) is 0.957. The number of carbonyl (C=O) groups is 2. The first-order valence-corrected chi connectivity index (χ1v) is 23.5. The Balaban J connectivity index is 0. The first-order valence-electron chi connectivity index (χ1n) is 23.5. The van der Waals surface area contributed by atoms with E-state index in [1.807, 2.05) is 0 Å². The molecule has 0 aromatic rings. The van der Waals surface area contributed by atoms with Gasteiger partial charge in [0.05, 0.1) is 0 Å². The molecule has 4 heteroatoms. The second-order valence-corrected chi connectivity index (χ2v) is 16.1. The zero-order valence-corrected chi connectivity index (χ0v) is 35.1. The molecular formula is C47H94O4. The van der Waals surface area contributed by atoms with Crippen LogP contribution in [0.1, 0.15) is 290 Å². The molecule has 0 radical (unpaired) electrons. The van der Waals surface area contributed by atoms with Gasteiger partial charge in [-0.05, 0) is 12.8 Å². The van der Waals surface area contributed by atoms with Crippen LogP contribution >= 0.6 is 0 Å². The highest BCUT2D eigenvalue weighted by atomic mass is 16.4. The van der Waals surface area contributed by atoms with E-state index in [4.69, 9.17) is 10.2 Å². The number of hydrogen-bond acceptors (Lipinski definition) is 2. The number of unbranched alkanes of at least 4 members (excludes halogenated alkanes) is 39. The van der Waals surface area contributed by atoms with Crippen molar-refractivity contribution in [1.82, 2.24) is 0 Å². The summed E-state index contributed by atoms with van der Waals surface area (Å²) in [5.41, 5.74) is 0. The molecule has 0 unspecified atom stereocenters. The molecule has 0 aliphatic heterocycles. The average Bonchev–Trinajstić information content (AvgIpc) is 3.11. The fourth-order valence-corrected chi connectivity index (χ4v) is 7.24. The van der Waals surface area contributed by atoms with Crippen molar-refractivity contribution in [3.05, 3.63) is 0 Å². The van der Waals surface area contributed by atoms with Crippen LogP contribution in [-0.4, -0.2) is 22.2 Å². The number of carboxylic acid groups (broad SMARTS) is 2. The molecule has 0 bridgehead atoms. The van der Waals surface area contributed by atoms with E-state index in [-0.39, 0.29) is 0 Å². The minimum Gasteiger partial charge on any atom is -0.481 e. The normalized spacial score (nSPS) is 11.1. The largest absolute Gasteiger partial charge is 0.481 e. The van der Waals surface area contributed by atoms with Gasteiger partial charge in [-0.15, -0.1) is 0 Å². The quantitative estimate of drug-likeness (QED) is 0.0615. The first kappa shape index (κ1) is 52.0. The molecule has 51 heavy (non-hydrogen) atoms. The molecule has 4 nitrogen and oxygen atoms in total. The third-order valence-electron chi connectivity index (χ3n) is 10.7. The summed E-state index contributed by atoms with van der Waals surface area (Å²) in [5, 5.41) is 17.1. The summed E-state index contributed by atoms with van der Waals surface area (Å²) in [6, 6.07) is 0. The Hall–Kier alpha value is -1.06. The van der Waals surface area contributed by atoms with Gasteiger partial charge in [0, 0.05) is 12.8 Å². The molecular weight excluding hydrogens is 629 g/mol. The summed E-state index contributed by atoms with van der Waals surface area (Å²) in [5.74, 6) is -1.30. The zero-order chi connectivity index (χ0) is 37.6. The number of aliphatic carboxylic acids is 2. The van der Waals surface area contributed by atoms with Crippen molar-refractivity contribution in [2.45, 2.75) is 290 Å². The number of hydrogen-bond donors (Lipinski definition) is 2. The Kier molecular flexibility index (Phi) is 49.9. The van der Waals surface area contributed by atoms with Crippen LogP contribution in [-0.2, 0) is 9.59 Å². The van der Waals surface area contributed by atoms with Crippen LogP contribution in [0.2, 0.25) is 0 Å². The molecule has 0 aromatic carbocycles. The summed E-state index contributed by atoms with van der Waals surface area (Å²) in [6.45, 7) is 4.57. The summed E-state index contributed by atoms with van der Waals surface area (Å²) >= 11 is 0. The van der Waals surface area contributed by atoms with Crippen LogP contribution in [0, 0.1) is 0 Å². The molecule has 0 atom stereocenters. The lowest BCUT2D eigenvalue weighted by Gasteiger charge is -2.04. The number of rotatable bonds is 43. The van der Waals surface area contributed by atoms with Crippen LogP contribution < -0.4 is 0 Å². The lowest BCUT2D eigenvalue weighted by molar-refractivity contribution is -0.138. The molecule has 0 saturated heterocycles. The van der Waals surface area contributed by atoms with E-state index in [1.54, 1.807) is 0 Å².